The number of hydrogen-bond donors (Lipinski definition) is 2. The zero-order valence-corrected chi connectivity index (χ0v) is 28.3. The number of amidine groups is 1. The highest BCUT2D eigenvalue weighted by molar-refractivity contribution is 7.26. The third kappa shape index (κ3) is 5.07. The van der Waals surface area contributed by atoms with Crippen LogP contribution in [0.5, 0.6) is 0 Å². The third-order valence-corrected chi connectivity index (χ3v) is 11.0. The Kier molecular flexibility index (Phi) is 6.98. The zero-order valence-electron chi connectivity index (χ0n) is 27.5. The van der Waals surface area contributed by atoms with Gasteiger partial charge in [0.1, 0.15) is 34.3 Å². The summed E-state index contributed by atoms with van der Waals surface area (Å²) in [5.41, 5.74) is 15.5. The minimum atomic E-state index is -0.543. The Balaban J connectivity index is 0.979. The van der Waals surface area contributed by atoms with Crippen LogP contribution in [0.15, 0.2) is 165 Å². The molecule has 0 saturated heterocycles. The molecule has 3 heterocycles. The van der Waals surface area contributed by atoms with E-state index in [2.05, 4.69) is 96.3 Å². The Labute approximate surface area is 297 Å². The molecule has 0 fully saturated rings. The van der Waals surface area contributed by atoms with Crippen molar-refractivity contribution in [1.82, 2.24) is 5.32 Å². The molecule has 1 atom stereocenters. The van der Waals surface area contributed by atoms with Gasteiger partial charge in [-0.2, -0.15) is 0 Å². The van der Waals surface area contributed by atoms with Crippen LogP contribution in [0.3, 0.4) is 0 Å². The van der Waals surface area contributed by atoms with E-state index in [1.54, 1.807) is 0 Å². The number of nitrogens with one attached hydrogen (secondary N) is 1. The summed E-state index contributed by atoms with van der Waals surface area (Å²) >= 11 is 1.85. The summed E-state index contributed by atoms with van der Waals surface area (Å²) in [4.78, 5) is 5.07. The van der Waals surface area contributed by atoms with Gasteiger partial charge in [-0.1, -0.05) is 121 Å². The van der Waals surface area contributed by atoms with Crippen LogP contribution in [0.1, 0.15) is 22.9 Å². The van der Waals surface area contributed by atoms with Crippen molar-refractivity contribution in [1.29, 1.82) is 0 Å². The molecule has 5 nitrogen and oxygen atoms in total. The number of fused-ring (bicyclic) bond motifs is 9. The second kappa shape index (κ2) is 12.0. The molecule has 0 aliphatic heterocycles. The molecule has 7 aromatic carbocycles. The highest BCUT2D eigenvalue weighted by Crippen LogP contribution is 2.41. The summed E-state index contributed by atoms with van der Waals surface area (Å²) in [7, 11) is 0. The number of rotatable bonds is 6. The maximum atomic E-state index is 6.85. The van der Waals surface area contributed by atoms with E-state index in [0.29, 0.717) is 12.4 Å². The van der Waals surface area contributed by atoms with Gasteiger partial charge in [0.05, 0.1) is 6.54 Å². The fourth-order valence-electron chi connectivity index (χ4n) is 7.29. The lowest BCUT2D eigenvalue weighted by molar-refractivity contribution is 0.630. The smallest absolute Gasteiger partial charge is 0.142 e. The molecule has 0 saturated carbocycles. The Hall–Kier alpha value is -6.21. The lowest BCUT2D eigenvalue weighted by Gasteiger charge is -2.18. The minimum absolute atomic E-state index is 0.449. The lowest BCUT2D eigenvalue weighted by atomic mass is 10.0. The van der Waals surface area contributed by atoms with Gasteiger partial charge < -0.3 is 19.9 Å². The van der Waals surface area contributed by atoms with E-state index in [1.165, 1.54) is 31.3 Å². The van der Waals surface area contributed by atoms with Gasteiger partial charge in [0.15, 0.2) is 0 Å². The van der Waals surface area contributed by atoms with Crippen molar-refractivity contribution >= 4 is 81.2 Å². The predicted octanol–water partition coefficient (Wildman–Crippen LogP) is 11.7. The average Bonchev–Trinajstić information content (AvgIpc) is 3.87. The molecule has 244 valence electrons. The van der Waals surface area contributed by atoms with Gasteiger partial charge in [-0.05, 0) is 47.0 Å². The standard InChI is InChI=1S/C45H31N3O2S/c46-44(36-17-9-15-34-31-12-4-6-18-38(31)50-42(34)36)48-45(28-10-2-1-3-11-28)47-26-27-20-22-32-37-25-29(21-23-39(37)49-40(32)24-27)30-14-8-16-35-33-13-5-7-19-41(33)51-43(30)35/h1-25,44H,26,46H2,(H,47,48). The van der Waals surface area contributed by atoms with Crippen molar-refractivity contribution in [2.45, 2.75) is 12.7 Å². The monoisotopic (exact) mass is 677 g/mol. The van der Waals surface area contributed by atoms with Crippen LogP contribution in [-0.4, -0.2) is 5.84 Å². The van der Waals surface area contributed by atoms with Gasteiger partial charge in [-0.15, -0.1) is 11.3 Å². The van der Waals surface area contributed by atoms with E-state index >= 15 is 0 Å². The largest absolute Gasteiger partial charge is 0.456 e. The molecule has 10 aromatic rings. The number of para-hydroxylation sites is 2. The van der Waals surface area contributed by atoms with Crippen LogP contribution >= 0.6 is 11.3 Å². The van der Waals surface area contributed by atoms with Crippen molar-refractivity contribution in [2.75, 3.05) is 0 Å². The van der Waals surface area contributed by atoms with Crippen molar-refractivity contribution in [2.24, 2.45) is 10.7 Å². The molecule has 1 unspecified atom stereocenters. The molecular formula is C45H31N3O2S. The van der Waals surface area contributed by atoms with Gasteiger partial charge >= 0.3 is 0 Å². The van der Waals surface area contributed by atoms with Gasteiger partial charge in [-0.3, -0.25) is 4.99 Å². The van der Waals surface area contributed by atoms with Crippen molar-refractivity contribution in [3.8, 4) is 11.1 Å². The zero-order chi connectivity index (χ0) is 33.9. The van der Waals surface area contributed by atoms with Crippen LogP contribution in [-0.2, 0) is 6.54 Å². The normalized spacial score (nSPS) is 12.9. The number of furan rings is 2. The predicted molar refractivity (Wildman–Crippen MR) is 213 cm³/mol. The molecule has 0 spiro atoms. The molecular weight excluding hydrogens is 647 g/mol. The Morgan fingerprint density at radius 1 is 0.608 bits per heavy atom. The van der Waals surface area contributed by atoms with Crippen LogP contribution < -0.4 is 11.1 Å². The van der Waals surface area contributed by atoms with Gasteiger partial charge in [0, 0.05) is 52.8 Å². The fraction of sp³-hybridized carbons (Fsp3) is 0.0444. The summed E-state index contributed by atoms with van der Waals surface area (Å²) in [5.74, 6) is 0.709. The van der Waals surface area contributed by atoms with E-state index in [0.717, 1.165) is 60.6 Å². The van der Waals surface area contributed by atoms with E-state index in [-0.39, 0.29) is 0 Å². The van der Waals surface area contributed by atoms with E-state index in [9.17, 15) is 0 Å². The van der Waals surface area contributed by atoms with E-state index in [4.69, 9.17) is 19.6 Å². The number of benzene rings is 7. The second-order valence-corrected chi connectivity index (χ2v) is 14.0. The van der Waals surface area contributed by atoms with Crippen LogP contribution in [0.2, 0.25) is 0 Å². The van der Waals surface area contributed by atoms with E-state index < -0.39 is 6.17 Å². The maximum absolute atomic E-state index is 6.85. The van der Waals surface area contributed by atoms with Crippen LogP contribution in [0.25, 0.3) is 75.2 Å². The summed E-state index contributed by atoms with van der Waals surface area (Å²) < 4.78 is 15.3. The maximum Gasteiger partial charge on any atom is 0.142 e. The molecule has 3 N–H and O–H groups in total. The number of thiophene rings is 1. The Bertz CT molecular complexity index is 2950. The van der Waals surface area contributed by atoms with Crippen LogP contribution in [0, 0.1) is 0 Å². The molecule has 0 aliphatic carbocycles. The first-order chi connectivity index (χ1) is 25.2. The number of nitrogens with two attached hydrogens (primary N) is 1. The van der Waals surface area contributed by atoms with Gasteiger partial charge in [-0.25, -0.2) is 0 Å². The second-order valence-electron chi connectivity index (χ2n) is 12.9. The minimum Gasteiger partial charge on any atom is -0.456 e. The van der Waals surface area contributed by atoms with Gasteiger partial charge in [0.25, 0.3) is 0 Å². The van der Waals surface area contributed by atoms with Crippen molar-refractivity contribution in [3.05, 3.63) is 168 Å². The first kappa shape index (κ1) is 29.7. The molecule has 0 amide bonds. The molecule has 10 rings (SSSR count). The SMILES string of the molecule is NC(NC(=NCc1ccc2c(c1)oc1ccc(-c3cccc4c3sc3ccccc34)cc12)c1ccccc1)c1cccc2c1oc1ccccc12. The summed E-state index contributed by atoms with van der Waals surface area (Å²) in [6.07, 6.45) is -0.543. The van der Waals surface area contributed by atoms with Gasteiger partial charge in [0.2, 0.25) is 0 Å². The molecule has 51 heavy (non-hydrogen) atoms. The highest BCUT2D eigenvalue weighted by atomic mass is 32.1. The summed E-state index contributed by atoms with van der Waals surface area (Å²) in [6.45, 7) is 0.449. The number of nitrogens with zero attached hydrogens (tertiary/aromatic N) is 1. The lowest BCUT2D eigenvalue weighted by Crippen LogP contribution is -2.35. The third-order valence-electron chi connectivity index (χ3n) is 9.78. The van der Waals surface area contributed by atoms with Crippen LogP contribution in [0.4, 0.5) is 0 Å². The average molecular weight is 678 g/mol. The fourth-order valence-corrected chi connectivity index (χ4v) is 8.53. The topological polar surface area (TPSA) is 76.7 Å². The number of aliphatic imine (C=N–C) groups is 1. The molecule has 0 radical (unpaired) electrons. The first-order valence-corrected chi connectivity index (χ1v) is 17.9. The Morgan fingerprint density at radius 2 is 1.35 bits per heavy atom. The molecule has 0 bridgehead atoms. The number of hydrogen-bond acceptors (Lipinski definition) is 5. The summed E-state index contributed by atoms with van der Waals surface area (Å²) in [5, 5.41) is 10.4. The molecule has 3 aromatic heterocycles. The van der Waals surface area contributed by atoms with E-state index in [1.807, 2.05) is 72.0 Å². The van der Waals surface area contributed by atoms with Crippen molar-refractivity contribution in [3.63, 3.8) is 0 Å². The molecule has 0 aliphatic rings. The summed E-state index contributed by atoms with van der Waals surface area (Å²) in [6, 6.07) is 52.4. The highest BCUT2D eigenvalue weighted by Gasteiger charge is 2.18. The Morgan fingerprint density at radius 3 is 2.27 bits per heavy atom. The first-order valence-electron chi connectivity index (χ1n) is 17.1. The molecule has 6 heteroatoms. The van der Waals surface area contributed by atoms with Crippen molar-refractivity contribution < 1.29 is 8.83 Å². The quantitative estimate of drug-likeness (QED) is 0.104.